The zero-order valence-electron chi connectivity index (χ0n) is 25.4. The van der Waals surface area contributed by atoms with Gasteiger partial charge in [-0.25, -0.2) is 4.99 Å². The zero-order chi connectivity index (χ0) is 33.2. The van der Waals surface area contributed by atoms with Gasteiger partial charge in [-0.15, -0.1) is 0 Å². The van der Waals surface area contributed by atoms with Crippen LogP contribution in [0.25, 0.3) is 0 Å². The average molecular weight is 636 g/mol. The van der Waals surface area contributed by atoms with E-state index in [4.69, 9.17) is 11.5 Å². The van der Waals surface area contributed by atoms with Crippen molar-refractivity contribution in [1.29, 1.82) is 0 Å². The van der Waals surface area contributed by atoms with E-state index >= 15 is 0 Å². The van der Waals surface area contributed by atoms with Crippen molar-refractivity contribution < 1.29 is 39.3 Å². The SMILES string of the molecule is NC(N)=NCc1cccc(C(=O)NCCCNC(=O)CN2CCN(CC(=O)O)CCN(CC(=O)O)CCN(CC(=O)O)CC2)c1. The summed E-state index contributed by atoms with van der Waals surface area (Å²) in [5, 5.41) is 33.6. The van der Waals surface area contributed by atoms with Gasteiger partial charge in [0, 0.05) is 71.0 Å². The van der Waals surface area contributed by atoms with Gasteiger partial charge < -0.3 is 37.4 Å². The Morgan fingerprint density at radius 3 is 1.58 bits per heavy atom. The molecule has 45 heavy (non-hydrogen) atoms. The number of benzene rings is 1. The molecule has 0 aliphatic carbocycles. The Kier molecular flexibility index (Phi) is 16.3. The fraction of sp³-hybridized carbons (Fsp3) is 0.571. The maximum absolute atomic E-state index is 12.8. The Balaban J connectivity index is 1.90. The fourth-order valence-electron chi connectivity index (χ4n) is 4.66. The van der Waals surface area contributed by atoms with E-state index in [1.54, 1.807) is 39.0 Å². The fourth-order valence-corrected chi connectivity index (χ4v) is 4.66. The largest absolute Gasteiger partial charge is 0.480 e. The highest BCUT2D eigenvalue weighted by Gasteiger charge is 2.21. The van der Waals surface area contributed by atoms with Crippen LogP contribution in [0.15, 0.2) is 29.3 Å². The Morgan fingerprint density at radius 2 is 1.13 bits per heavy atom. The molecule has 9 N–H and O–H groups in total. The van der Waals surface area contributed by atoms with Crippen molar-refractivity contribution in [3.63, 3.8) is 0 Å². The van der Waals surface area contributed by atoms with Crippen molar-refractivity contribution in [2.75, 3.05) is 91.6 Å². The highest BCUT2D eigenvalue weighted by atomic mass is 16.4. The Bertz CT molecular complexity index is 1150. The highest BCUT2D eigenvalue weighted by molar-refractivity contribution is 5.94. The van der Waals surface area contributed by atoms with E-state index in [0.717, 1.165) is 5.56 Å². The first-order valence-electron chi connectivity index (χ1n) is 14.6. The molecule has 250 valence electrons. The van der Waals surface area contributed by atoms with E-state index in [2.05, 4.69) is 15.6 Å². The predicted octanol–water partition coefficient (Wildman–Crippen LogP) is -2.83. The lowest BCUT2D eigenvalue weighted by atomic mass is 10.1. The highest BCUT2D eigenvalue weighted by Crippen LogP contribution is 2.07. The number of hydrogen-bond acceptors (Lipinski definition) is 10. The maximum atomic E-state index is 12.8. The number of carbonyl (C=O) groups is 5. The maximum Gasteiger partial charge on any atom is 0.317 e. The summed E-state index contributed by atoms with van der Waals surface area (Å²) in [5.41, 5.74) is 12.0. The van der Waals surface area contributed by atoms with Crippen molar-refractivity contribution in [2.45, 2.75) is 13.0 Å². The first-order chi connectivity index (χ1) is 21.4. The molecule has 1 aromatic rings. The number of carboxylic acids is 3. The van der Waals surface area contributed by atoms with Crippen LogP contribution in [-0.4, -0.2) is 162 Å². The molecule has 1 aromatic carbocycles. The van der Waals surface area contributed by atoms with Gasteiger partial charge in [-0.2, -0.15) is 0 Å². The van der Waals surface area contributed by atoms with Crippen molar-refractivity contribution >= 4 is 35.7 Å². The summed E-state index contributed by atoms with van der Waals surface area (Å²) in [4.78, 5) is 70.3. The quantitative estimate of drug-likeness (QED) is 0.0583. The van der Waals surface area contributed by atoms with Crippen LogP contribution in [0.5, 0.6) is 0 Å². The van der Waals surface area contributed by atoms with Crippen LogP contribution in [0, 0.1) is 0 Å². The molecule has 0 atom stereocenters. The number of nitrogens with one attached hydrogen (secondary N) is 2. The minimum atomic E-state index is -1.03. The second kappa shape index (κ2) is 19.9. The first kappa shape index (κ1) is 36.9. The Labute approximate surface area is 261 Å². The lowest BCUT2D eigenvalue weighted by Gasteiger charge is -2.32. The van der Waals surface area contributed by atoms with Gasteiger partial charge in [-0.05, 0) is 24.1 Å². The van der Waals surface area contributed by atoms with Crippen LogP contribution in [0.1, 0.15) is 22.3 Å². The summed E-state index contributed by atoms with van der Waals surface area (Å²) in [6, 6.07) is 6.91. The van der Waals surface area contributed by atoms with Crippen molar-refractivity contribution in [3.05, 3.63) is 35.4 Å². The molecule has 0 saturated carbocycles. The number of guanidine groups is 1. The van der Waals surface area contributed by atoms with Crippen molar-refractivity contribution in [3.8, 4) is 0 Å². The summed E-state index contributed by atoms with van der Waals surface area (Å²) in [7, 11) is 0. The van der Waals surface area contributed by atoms with E-state index in [-0.39, 0.29) is 50.5 Å². The average Bonchev–Trinajstić information content (AvgIpc) is 2.96. The van der Waals surface area contributed by atoms with E-state index in [0.29, 0.717) is 77.4 Å². The molecule has 0 bridgehead atoms. The number of aliphatic imine (C=N–C) groups is 1. The topological polar surface area (TPSA) is 247 Å². The monoisotopic (exact) mass is 635 g/mol. The summed E-state index contributed by atoms with van der Waals surface area (Å²) < 4.78 is 0. The van der Waals surface area contributed by atoms with E-state index < -0.39 is 17.9 Å². The third-order valence-electron chi connectivity index (χ3n) is 6.97. The van der Waals surface area contributed by atoms with Gasteiger partial charge in [0.15, 0.2) is 5.96 Å². The standard InChI is InChI=1S/C28H45N9O8/c29-28(30)33-16-21-3-1-4-22(15-21)27(45)32-6-2-5-31-23(38)17-34-7-9-35(18-24(39)40)11-13-37(20-26(43)44)14-12-36(10-8-34)19-25(41)42/h1,3-4,15H,2,5-14,16-20H2,(H,31,38)(H,32,45)(H,39,40)(H,41,42)(H,43,44)(H4,29,30,33). The van der Waals surface area contributed by atoms with Gasteiger partial charge in [0.1, 0.15) is 0 Å². The Hall–Kier alpha value is -4.32. The summed E-state index contributed by atoms with van der Waals surface area (Å²) >= 11 is 0. The Morgan fingerprint density at radius 1 is 0.689 bits per heavy atom. The molecular formula is C28H45N9O8. The number of aliphatic carboxylic acids is 3. The minimum absolute atomic E-state index is 0.0158. The number of nitrogens with two attached hydrogens (primary N) is 2. The smallest absolute Gasteiger partial charge is 0.317 e. The molecule has 17 nitrogen and oxygen atoms in total. The van der Waals surface area contributed by atoms with Crippen molar-refractivity contribution in [2.24, 2.45) is 16.5 Å². The lowest BCUT2D eigenvalue weighted by Crippen LogP contribution is -2.49. The van der Waals surface area contributed by atoms with Gasteiger partial charge in [0.2, 0.25) is 5.91 Å². The van der Waals surface area contributed by atoms with Crippen LogP contribution in [-0.2, 0) is 25.7 Å². The third kappa shape index (κ3) is 16.4. The minimum Gasteiger partial charge on any atom is -0.480 e. The van der Waals surface area contributed by atoms with E-state index in [9.17, 15) is 39.3 Å². The molecule has 1 saturated heterocycles. The molecule has 1 aliphatic rings. The second-order valence-electron chi connectivity index (χ2n) is 10.7. The molecular weight excluding hydrogens is 590 g/mol. The van der Waals surface area contributed by atoms with Gasteiger partial charge in [0.25, 0.3) is 5.91 Å². The van der Waals surface area contributed by atoms with E-state index in [1.807, 2.05) is 4.90 Å². The van der Waals surface area contributed by atoms with Crippen LogP contribution in [0.2, 0.25) is 0 Å². The molecule has 0 aromatic heterocycles. The molecule has 2 rings (SSSR count). The molecule has 0 radical (unpaired) electrons. The number of rotatable bonds is 15. The second-order valence-corrected chi connectivity index (χ2v) is 10.7. The molecule has 1 aliphatic heterocycles. The number of amides is 2. The third-order valence-corrected chi connectivity index (χ3v) is 6.97. The van der Waals surface area contributed by atoms with Crippen LogP contribution < -0.4 is 22.1 Å². The van der Waals surface area contributed by atoms with E-state index in [1.165, 1.54) is 0 Å². The normalized spacial score (nSPS) is 16.1. The molecule has 2 amide bonds. The number of nitrogens with zero attached hydrogens (tertiary/aromatic N) is 5. The molecule has 0 spiro atoms. The lowest BCUT2D eigenvalue weighted by molar-refractivity contribution is -0.140. The van der Waals surface area contributed by atoms with Gasteiger partial charge in [0.05, 0.1) is 32.7 Å². The van der Waals surface area contributed by atoms with Gasteiger partial charge in [-0.3, -0.25) is 43.6 Å². The van der Waals surface area contributed by atoms with Crippen molar-refractivity contribution in [1.82, 2.24) is 30.2 Å². The number of hydrogen-bond donors (Lipinski definition) is 7. The molecule has 17 heteroatoms. The van der Waals surface area contributed by atoms with Crippen LogP contribution in [0.4, 0.5) is 0 Å². The number of carboxylic acid groups (broad SMARTS) is 3. The summed E-state index contributed by atoms with van der Waals surface area (Å²) in [5.74, 6) is -3.63. The molecule has 1 heterocycles. The predicted molar refractivity (Wildman–Crippen MR) is 165 cm³/mol. The van der Waals surface area contributed by atoms with Gasteiger partial charge >= 0.3 is 17.9 Å². The molecule has 1 fully saturated rings. The van der Waals surface area contributed by atoms with Gasteiger partial charge in [-0.1, -0.05) is 12.1 Å². The number of carbonyl (C=O) groups excluding carboxylic acids is 2. The molecule has 0 unspecified atom stereocenters. The van der Waals surface area contributed by atoms with Crippen LogP contribution >= 0.6 is 0 Å². The summed E-state index contributed by atoms with van der Waals surface area (Å²) in [6.45, 7) is 2.70. The summed E-state index contributed by atoms with van der Waals surface area (Å²) in [6.07, 6.45) is 0.483. The first-order valence-corrected chi connectivity index (χ1v) is 14.6. The zero-order valence-corrected chi connectivity index (χ0v) is 25.4. The van der Waals surface area contributed by atoms with Crippen LogP contribution in [0.3, 0.4) is 0 Å².